The van der Waals surface area contributed by atoms with Gasteiger partial charge in [0.25, 0.3) is 0 Å². The molecule has 10 heavy (non-hydrogen) atoms. The van der Waals surface area contributed by atoms with Crippen LogP contribution in [0.15, 0.2) is 12.7 Å². The predicted octanol–water partition coefficient (Wildman–Crippen LogP) is 1.35. The zero-order valence-electron chi connectivity index (χ0n) is 6.92. The van der Waals surface area contributed by atoms with Gasteiger partial charge in [0, 0.05) is 0 Å². The minimum absolute atomic E-state index is 0.177. The highest BCUT2D eigenvalue weighted by Crippen LogP contribution is 2.06. The Morgan fingerprint density at radius 1 is 1.60 bits per heavy atom. The molecule has 0 fully saturated rings. The lowest BCUT2D eigenvalue weighted by Crippen LogP contribution is -2.24. The Bertz CT molecular complexity index is 102. The van der Waals surface area contributed by atoms with Crippen molar-refractivity contribution in [3.63, 3.8) is 0 Å². The second-order valence-electron chi connectivity index (χ2n) is 3.23. The zero-order chi connectivity index (χ0) is 8.20. The third-order valence-electron chi connectivity index (χ3n) is 0.959. The monoisotopic (exact) mass is 144 g/mol. The van der Waals surface area contributed by atoms with Crippen molar-refractivity contribution in [1.82, 2.24) is 0 Å². The highest BCUT2D eigenvalue weighted by molar-refractivity contribution is 4.78. The summed E-state index contributed by atoms with van der Waals surface area (Å²) in [5.41, 5.74) is -0.177. The Kier molecular flexibility index (Phi) is 3.61. The lowest BCUT2D eigenvalue weighted by molar-refractivity contribution is -0.0366. The molecule has 2 nitrogen and oxygen atoms in total. The van der Waals surface area contributed by atoms with E-state index in [4.69, 9.17) is 9.84 Å². The summed E-state index contributed by atoms with van der Waals surface area (Å²) in [4.78, 5) is 0. The fraction of sp³-hybridized carbons (Fsp3) is 0.750. The van der Waals surface area contributed by atoms with E-state index in [1.54, 1.807) is 0 Å². The van der Waals surface area contributed by atoms with Gasteiger partial charge in [0.05, 0.1) is 18.3 Å². The van der Waals surface area contributed by atoms with Crippen LogP contribution in [0.1, 0.15) is 20.8 Å². The molecule has 1 N–H and O–H groups in total. The van der Waals surface area contributed by atoms with Crippen molar-refractivity contribution in [1.29, 1.82) is 0 Å². The smallest absolute Gasteiger partial charge is 0.0952 e. The Morgan fingerprint density at radius 3 is 2.40 bits per heavy atom. The van der Waals surface area contributed by atoms with E-state index in [2.05, 4.69) is 6.58 Å². The number of hydrogen-bond donors (Lipinski definition) is 1. The molecule has 0 rings (SSSR count). The van der Waals surface area contributed by atoms with E-state index in [1.807, 2.05) is 20.8 Å². The van der Waals surface area contributed by atoms with E-state index in [0.29, 0.717) is 6.61 Å². The molecule has 2 heteroatoms. The van der Waals surface area contributed by atoms with Crippen LogP contribution in [-0.4, -0.2) is 23.4 Å². The maximum atomic E-state index is 8.98. The fourth-order valence-corrected chi connectivity index (χ4v) is 0.403. The molecule has 0 bridgehead atoms. The molecule has 0 radical (unpaired) electrons. The van der Waals surface area contributed by atoms with Crippen molar-refractivity contribution < 1.29 is 9.84 Å². The summed E-state index contributed by atoms with van der Waals surface area (Å²) in [5, 5.41) is 8.98. The van der Waals surface area contributed by atoms with Gasteiger partial charge in [0.15, 0.2) is 0 Å². The van der Waals surface area contributed by atoms with Crippen molar-refractivity contribution in [3.05, 3.63) is 12.7 Å². The van der Waals surface area contributed by atoms with Gasteiger partial charge in [-0.3, -0.25) is 0 Å². The molecule has 0 aromatic rings. The van der Waals surface area contributed by atoms with Crippen molar-refractivity contribution in [2.75, 3.05) is 6.61 Å². The second-order valence-corrected chi connectivity index (χ2v) is 3.23. The average Bonchev–Trinajstić information content (AvgIpc) is 1.81. The molecule has 0 spiro atoms. The van der Waals surface area contributed by atoms with E-state index in [-0.39, 0.29) is 5.60 Å². The normalized spacial score (nSPS) is 14.8. The summed E-state index contributed by atoms with van der Waals surface area (Å²) < 4.78 is 5.26. The van der Waals surface area contributed by atoms with Crippen LogP contribution in [0.2, 0.25) is 0 Å². The fourth-order valence-electron chi connectivity index (χ4n) is 0.403. The van der Waals surface area contributed by atoms with Gasteiger partial charge in [0.1, 0.15) is 0 Å². The number of ether oxygens (including phenoxy) is 1. The van der Waals surface area contributed by atoms with E-state index in [0.717, 1.165) is 0 Å². The highest BCUT2D eigenvalue weighted by Gasteiger charge is 2.11. The van der Waals surface area contributed by atoms with E-state index in [9.17, 15) is 0 Å². The van der Waals surface area contributed by atoms with Gasteiger partial charge in [-0.05, 0) is 20.8 Å². The van der Waals surface area contributed by atoms with E-state index in [1.165, 1.54) is 6.08 Å². The molecule has 0 aromatic carbocycles. The topological polar surface area (TPSA) is 29.5 Å². The minimum atomic E-state index is -0.542. The molecule has 0 aromatic heterocycles. The first-order chi connectivity index (χ1) is 4.45. The van der Waals surface area contributed by atoms with Crippen LogP contribution in [0.25, 0.3) is 0 Å². The Labute approximate surface area is 62.5 Å². The summed E-state index contributed by atoms with van der Waals surface area (Å²) in [6.45, 7) is 9.60. The lowest BCUT2D eigenvalue weighted by atomic mass is 10.2. The number of aliphatic hydroxyl groups is 1. The molecular formula is C8H16O2. The van der Waals surface area contributed by atoms with Gasteiger partial charge in [-0.15, -0.1) is 6.58 Å². The summed E-state index contributed by atoms with van der Waals surface area (Å²) in [6, 6.07) is 0. The van der Waals surface area contributed by atoms with Crippen LogP contribution in [-0.2, 0) is 4.74 Å². The van der Waals surface area contributed by atoms with Gasteiger partial charge >= 0.3 is 0 Å². The van der Waals surface area contributed by atoms with Gasteiger partial charge in [-0.25, -0.2) is 0 Å². The van der Waals surface area contributed by atoms with Crippen LogP contribution in [0.4, 0.5) is 0 Å². The Hall–Kier alpha value is -0.340. The molecule has 0 saturated heterocycles. The summed E-state index contributed by atoms with van der Waals surface area (Å²) >= 11 is 0. The summed E-state index contributed by atoms with van der Waals surface area (Å²) in [6.07, 6.45) is 0.922. The molecule has 60 valence electrons. The highest BCUT2D eigenvalue weighted by atomic mass is 16.5. The first kappa shape index (κ1) is 9.66. The minimum Gasteiger partial charge on any atom is -0.387 e. The standard InChI is InChI=1S/C8H16O2/c1-5-7(9)6-10-8(2,3)4/h5,7,9H,1,6H2,2-4H3/t7-/m0/s1. The van der Waals surface area contributed by atoms with E-state index < -0.39 is 6.10 Å². The zero-order valence-corrected chi connectivity index (χ0v) is 6.92. The van der Waals surface area contributed by atoms with Crippen molar-refractivity contribution in [2.45, 2.75) is 32.5 Å². The molecule has 0 aliphatic carbocycles. The van der Waals surface area contributed by atoms with Crippen molar-refractivity contribution >= 4 is 0 Å². The molecule has 0 amide bonds. The van der Waals surface area contributed by atoms with Gasteiger partial charge in [0.2, 0.25) is 0 Å². The summed E-state index contributed by atoms with van der Waals surface area (Å²) in [7, 11) is 0. The molecule has 1 atom stereocenters. The van der Waals surface area contributed by atoms with Crippen molar-refractivity contribution in [2.24, 2.45) is 0 Å². The third kappa shape index (κ3) is 5.79. The molecule has 0 aliphatic heterocycles. The van der Waals surface area contributed by atoms with Crippen LogP contribution < -0.4 is 0 Å². The van der Waals surface area contributed by atoms with E-state index >= 15 is 0 Å². The van der Waals surface area contributed by atoms with Crippen molar-refractivity contribution in [3.8, 4) is 0 Å². The predicted molar refractivity (Wildman–Crippen MR) is 41.9 cm³/mol. The Morgan fingerprint density at radius 2 is 2.10 bits per heavy atom. The largest absolute Gasteiger partial charge is 0.387 e. The quantitative estimate of drug-likeness (QED) is 0.606. The van der Waals surface area contributed by atoms with Crippen LogP contribution in [0, 0.1) is 0 Å². The maximum absolute atomic E-state index is 8.98. The Balaban J connectivity index is 3.45. The third-order valence-corrected chi connectivity index (χ3v) is 0.959. The molecule has 0 heterocycles. The van der Waals surface area contributed by atoms with Gasteiger partial charge < -0.3 is 9.84 Å². The first-order valence-corrected chi connectivity index (χ1v) is 3.40. The number of rotatable bonds is 3. The van der Waals surface area contributed by atoms with Crippen LogP contribution in [0.3, 0.4) is 0 Å². The maximum Gasteiger partial charge on any atom is 0.0952 e. The number of hydrogen-bond acceptors (Lipinski definition) is 2. The molecule has 0 saturated carbocycles. The van der Waals surface area contributed by atoms with Crippen LogP contribution in [0.5, 0.6) is 0 Å². The first-order valence-electron chi connectivity index (χ1n) is 3.40. The molecule has 0 unspecified atom stereocenters. The van der Waals surface area contributed by atoms with Gasteiger partial charge in [-0.1, -0.05) is 6.08 Å². The molecular weight excluding hydrogens is 128 g/mol. The van der Waals surface area contributed by atoms with Crippen LogP contribution >= 0.6 is 0 Å². The number of aliphatic hydroxyl groups excluding tert-OH is 1. The lowest BCUT2D eigenvalue weighted by Gasteiger charge is -2.20. The molecule has 0 aliphatic rings. The average molecular weight is 144 g/mol. The van der Waals surface area contributed by atoms with Gasteiger partial charge in [-0.2, -0.15) is 0 Å². The second kappa shape index (κ2) is 3.74. The summed E-state index contributed by atoms with van der Waals surface area (Å²) in [5.74, 6) is 0. The SMILES string of the molecule is C=C[C@H](O)COC(C)(C)C.